The molecule has 0 aliphatic heterocycles. The summed E-state index contributed by atoms with van der Waals surface area (Å²) < 4.78 is 0. The average molecular weight is 365 g/mol. The Morgan fingerprint density at radius 3 is 2.38 bits per heavy atom. The molecule has 21 heavy (non-hydrogen) atoms. The summed E-state index contributed by atoms with van der Waals surface area (Å²) in [4.78, 5) is 18.4. The molecular weight excluding hydrogens is 351 g/mol. The molecule has 0 amide bonds. The standard InChI is InChI=1S/C11H8N.C6H7NO.Rh/c1-2-6-10(7-3-1)11-8-4-5-9-12-11;1-5(8)6-3-2-4-7-6;/h1-6,8-9H;2-4H,1H3,(H,7,8);/q-1;;+2/p-1. The maximum atomic E-state index is 10.4. The van der Waals surface area contributed by atoms with Crippen LogP contribution in [0.1, 0.15) is 17.4 Å². The molecule has 3 nitrogen and oxygen atoms in total. The Morgan fingerprint density at radius 1 is 1.10 bits per heavy atom. The monoisotopic (exact) mass is 365 g/mol. The van der Waals surface area contributed by atoms with E-state index < -0.39 is 0 Å². The minimum atomic E-state index is 0. The van der Waals surface area contributed by atoms with Crippen molar-refractivity contribution in [1.29, 1.82) is 0 Å². The van der Waals surface area contributed by atoms with Gasteiger partial charge in [0.1, 0.15) is 5.78 Å². The number of rotatable bonds is 2. The molecule has 0 N–H and O–H groups in total. The number of hydrogen-bond donors (Lipinski definition) is 0. The summed E-state index contributed by atoms with van der Waals surface area (Å²) in [6, 6.07) is 20.3. The van der Waals surface area contributed by atoms with Crippen molar-refractivity contribution in [3.8, 4) is 11.3 Å². The van der Waals surface area contributed by atoms with Gasteiger partial charge in [-0.2, -0.15) is 6.20 Å². The molecule has 1 radical (unpaired) electrons. The van der Waals surface area contributed by atoms with Crippen molar-refractivity contribution in [3.63, 3.8) is 0 Å². The first-order valence-corrected chi connectivity index (χ1v) is 6.24. The van der Waals surface area contributed by atoms with E-state index in [1.54, 1.807) is 24.5 Å². The van der Waals surface area contributed by atoms with Crippen LogP contribution in [0.5, 0.6) is 0 Å². The number of hydrogen-bond acceptors (Lipinski definition) is 2. The molecule has 0 aliphatic carbocycles. The van der Waals surface area contributed by atoms with E-state index in [0.717, 1.165) is 11.3 Å². The zero-order valence-corrected chi connectivity index (χ0v) is 13.1. The number of Topliss-reactive ketones (excluding diaryl/α,β-unsaturated/α-hetero) is 1. The molecule has 0 fully saturated rings. The molecule has 3 aromatic rings. The molecular formula is C17H14N2ORh. The fourth-order valence-electron chi connectivity index (χ4n) is 1.58. The van der Waals surface area contributed by atoms with E-state index in [4.69, 9.17) is 0 Å². The Bertz CT molecular complexity index is 600. The van der Waals surface area contributed by atoms with E-state index in [1.165, 1.54) is 6.92 Å². The van der Waals surface area contributed by atoms with Crippen molar-refractivity contribution in [2.45, 2.75) is 6.92 Å². The summed E-state index contributed by atoms with van der Waals surface area (Å²) >= 11 is 0. The van der Waals surface area contributed by atoms with E-state index in [2.05, 4.69) is 16.0 Å². The zero-order valence-electron chi connectivity index (χ0n) is 11.5. The summed E-state index contributed by atoms with van der Waals surface area (Å²) in [5.41, 5.74) is 2.56. The van der Waals surface area contributed by atoms with Gasteiger partial charge in [-0.1, -0.05) is 30.0 Å². The van der Waals surface area contributed by atoms with E-state index in [1.807, 2.05) is 42.5 Å². The number of carbonyl (C=O) groups excluding carboxylic acids is 1. The second-order valence-corrected chi connectivity index (χ2v) is 4.07. The number of aromatic nitrogens is 2. The summed E-state index contributed by atoms with van der Waals surface area (Å²) in [7, 11) is 0. The molecule has 0 saturated carbocycles. The molecule has 1 aromatic carbocycles. The molecule has 3 rings (SSSR count). The topological polar surface area (TPSA) is 44.1 Å². The van der Waals surface area contributed by atoms with Gasteiger partial charge in [0, 0.05) is 6.20 Å². The van der Waals surface area contributed by atoms with Crippen LogP contribution < -0.4 is 4.98 Å². The van der Waals surface area contributed by atoms with Crippen LogP contribution in [0.2, 0.25) is 0 Å². The summed E-state index contributed by atoms with van der Waals surface area (Å²) in [5, 5.41) is 0. The van der Waals surface area contributed by atoms with Gasteiger partial charge in [-0.3, -0.25) is 4.79 Å². The first kappa shape index (κ1) is 17.0. The quantitative estimate of drug-likeness (QED) is 0.397. The predicted molar refractivity (Wildman–Crippen MR) is 78.3 cm³/mol. The van der Waals surface area contributed by atoms with E-state index in [0.29, 0.717) is 5.69 Å². The van der Waals surface area contributed by atoms with Gasteiger partial charge in [0.15, 0.2) is 0 Å². The minimum Gasteiger partial charge on any atom is -0.661 e. The van der Waals surface area contributed by atoms with Crippen molar-refractivity contribution in [1.82, 2.24) is 9.97 Å². The molecule has 0 unspecified atom stereocenters. The molecule has 0 atom stereocenters. The third-order valence-electron chi connectivity index (χ3n) is 2.56. The van der Waals surface area contributed by atoms with Crippen LogP contribution in [0.25, 0.3) is 11.3 Å². The Balaban J connectivity index is 0.000000216. The van der Waals surface area contributed by atoms with Crippen molar-refractivity contribution >= 4 is 5.78 Å². The fraction of sp³-hybridized carbons (Fsp3) is 0.0588. The number of ketones is 1. The van der Waals surface area contributed by atoms with Crippen LogP contribution in [-0.4, -0.2) is 10.8 Å². The summed E-state index contributed by atoms with van der Waals surface area (Å²) in [5.74, 6) is 0.0231. The normalized spacial score (nSPS) is 9.00. The summed E-state index contributed by atoms with van der Waals surface area (Å²) in [6.45, 7) is 1.50. The Hall–Kier alpha value is -2.06. The maximum Gasteiger partial charge on any atom is 2.00 e. The molecule has 0 bridgehead atoms. The van der Waals surface area contributed by atoms with E-state index in [-0.39, 0.29) is 25.3 Å². The number of pyridine rings is 1. The summed E-state index contributed by atoms with van der Waals surface area (Å²) in [6.07, 6.45) is 3.40. The number of carbonyl (C=O) groups is 1. The molecule has 4 heteroatoms. The minimum absolute atomic E-state index is 0. The van der Waals surface area contributed by atoms with Crippen LogP contribution in [0.4, 0.5) is 0 Å². The van der Waals surface area contributed by atoms with Gasteiger partial charge in [0.25, 0.3) is 0 Å². The molecule has 0 aliphatic rings. The van der Waals surface area contributed by atoms with Gasteiger partial charge in [-0.05, 0) is 18.7 Å². The second-order valence-electron chi connectivity index (χ2n) is 4.07. The van der Waals surface area contributed by atoms with Crippen LogP contribution >= 0.6 is 0 Å². The van der Waals surface area contributed by atoms with Gasteiger partial charge >= 0.3 is 19.5 Å². The first-order chi connectivity index (χ1) is 9.77. The van der Waals surface area contributed by atoms with Gasteiger partial charge in [0.2, 0.25) is 0 Å². The molecule has 2 aromatic heterocycles. The smallest absolute Gasteiger partial charge is 0.661 e. The average Bonchev–Trinajstić information content (AvgIpc) is 3.04. The Labute approximate surface area is 137 Å². The van der Waals surface area contributed by atoms with Gasteiger partial charge in [-0.15, -0.1) is 35.9 Å². The predicted octanol–water partition coefficient (Wildman–Crippen LogP) is 3.39. The third-order valence-corrected chi connectivity index (χ3v) is 2.56. The van der Waals surface area contributed by atoms with E-state index in [9.17, 15) is 4.79 Å². The Morgan fingerprint density at radius 2 is 1.90 bits per heavy atom. The number of nitrogens with zero attached hydrogens (tertiary/aromatic N) is 2. The molecule has 0 saturated heterocycles. The zero-order chi connectivity index (χ0) is 14.2. The van der Waals surface area contributed by atoms with Crippen molar-refractivity contribution in [2.24, 2.45) is 0 Å². The van der Waals surface area contributed by atoms with Crippen molar-refractivity contribution in [2.75, 3.05) is 0 Å². The molecule has 107 valence electrons. The Kier molecular flexibility index (Phi) is 7.27. The third kappa shape index (κ3) is 5.44. The first-order valence-electron chi connectivity index (χ1n) is 6.24. The van der Waals surface area contributed by atoms with Crippen molar-refractivity contribution < 1.29 is 24.3 Å². The second kappa shape index (κ2) is 8.99. The SMILES string of the molecule is CC(=O)c1ccc[n-]1.[Rh+2].[c-]1ccccc1-c1ccccn1. The maximum absolute atomic E-state index is 10.4. The van der Waals surface area contributed by atoms with Gasteiger partial charge in [0.05, 0.1) is 0 Å². The van der Waals surface area contributed by atoms with Gasteiger partial charge in [-0.25, -0.2) is 0 Å². The number of benzene rings is 1. The van der Waals surface area contributed by atoms with Crippen LogP contribution in [-0.2, 0) is 19.5 Å². The van der Waals surface area contributed by atoms with E-state index >= 15 is 0 Å². The molecule has 2 heterocycles. The molecule has 0 spiro atoms. The van der Waals surface area contributed by atoms with Gasteiger partial charge < -0.3 is 9.97 Å². The van der Waals surface area contributed by atoms with Crippen molar-refractivity contribution in [3.05, 3.63) is 78.8 Å². The fourth-order valence-corrected chi connectivity index (χ4v) is 1.58. The largest absolute Gasteiger partial charge is 2.00 e. The van der Waals surface area contributed by atoms with Crippen LogP contribution in [0.3, 0.4) is 0 Å². The van der Waals surface area contributed by atoms with Crippen LogP contribution in [0, 0.1) is 6.07 Å². The van der Waals surface area contributed by atoms with Crippen LogP contribution in [0.15, 0.2) is 67.0 Å².